The van der Waals surface area contributed by atoms with E-state index in [1.165, 1.54) is 6.92 Å². The first-order valence-electron chi connectivity index (χ1n) is 7.75. The third-order valence-electron chi connectivity index (χ3n) is 3.73. The third-order valence-corrected chi connectivity index (χ3v) is 5.23. The maximum Gasteiger partial charge on any atom is 0.242 e. The minimum absolute atomic E-state index is 0.418. The Morgan fingerprint density at radius 2 is 1.60 bits per heavy atom. The molecule has 2 aromatic carbocycles. The number of carbonyl (C=O) groups is 1. The van der Waals surface area contributed by atoms with Crippen LogP contribution in [-0.4, -0.2) is 25.8 Å². The van der Waals surface area contributed by atoms with Crippen molar-refractivity contribution in [1.82, 2.24) is 0 Å². The van der Waals surface area contributed by atoms with Crippen LogP contribution in [0, 0.1) is 13.8 Å². The monoisotopic (exact) mass is 359 g/mol. The van der Waals surface area contributed by atoms with Crippen molar-refractivity contribution in [2.45, 2.75) is 26.0 Å². The molecule has 7 heteroatoms. The van der Waals surface area contributed by atoms with Gasteiger partial charge in [-0.3, -0.25) is 4.79 Å². The summed E-state index contributed by atoms with van der Waals surface area (Å²) in [5.41, 5.74) is 3.65. The summed E-state index contributed by atoms with van der Waals surface area (Å²) in [6.45, 7) is 5.24. The van der Waals surface area contributed by atoms with E-state index in [1.807, 2.05) is 44.2 Å². The van der Waals surface area contributed by atoms with Gasteiger partial charge in [0.2, 0.25) is 5.91 Å². The van der Waals surface area contributed by atoms with Crippen LogP contribution < -0.4 is 5.32 Å². The summed E-state index contributed by atoms with van der Waals surface area (Å²) in [6, 6.07) is 12.8. The largest absolute Gasteiger partial charge is 0.323 e. The zero-order valence-corrected chi connectivity index (χ0v) is 15.5. The summed E-state index contributed by atoms with van der Waals surface area (Å²) in [5.74, 6) is -0.599. The van der Waals surface area contributed by atoms with Crippen molar-refractivity contribution < 1.29 is 13.2 Å². The van der Waals surface area contributed by atoms with Crippen molar-refractivity contribution in [3.05, 3.63) is 53.6 Å². The molecular formula is C18H21N3O3S. The normalized spacial score (nSPS) is 13.0. The van der Waals surface area contributed by atoms with E-state index in [2.05, 4.69) is 15.5 Å². The highest BCUT2D eigenvalue weighted by atomic mass is 32.2. The van der Waals surface area contributed by atoms with Gasteiger partial charge >= 0.3 is 0 Å². The molecule has 25 heavy (non-hydrogen) atoms. The van der Waals surface area contributed by atoms with E-state index in [1.54, 1.807) is 12.1 Å². The number of sulfone groups is 1. The third kappa shape index (κ3) is 5.22. The lowest BCUT2D eigenvalue weighted by molar-refractivity contribution is -0.115. The van der Waals surface area contributed by atoms with Crippen LogP contribution in [0.3, 0.4) is 0 Å². The molecule has 1 amide bonds. The van der Waals surface area contributed by atoms with Gasteiger partial charge in [-0.05, 0) is 50.6 Å². The number of carbonyl (C=O) groups excluding carboxylic acids is 1. The van der Waals surface area contributed by atoms with Crippen molar-refractivity contribution >= 4 is 32.8 Å². The highest BCUT2D eigenvalue weighted by molar-refractivity contribution is 7.92. The Morgan fingerprint density at radius 3 is 2.20 bits per heavy atom. The van der Waals surface area contributed by atoms with E-state index < -0.39 is 21.0 Å². The van der Waals surface area contributed by atoms with Crippen molar-refractivity contribution in [2.75, 3.05) is 11.6 Å². The topological polar surface area (TPSA) is 88.0 Å². The maximum atomic E-state index is 12.1. The zero-order valence-electron chi connectivity index (χ0n) is 14.6. The van der Waals surface area contributed by atoms with Crippen molar-refractivity contribution in [3.63, 3.8) is 0 Å². The average molecular weight is 359 g/mol. The lowest BCUT2D eigenvalue weighted by Crippen LogP contribution is -2.31. The van der Waals surface area contributed by atoms with Crippen LogP contribution in [-0.2, 0) is 14.6 Å². The van der Waals surface area contributed by atoms with Gasteiger partial charge in [0, 0.05) is 6.26 Å². The standard InChI is InChI=1S/C18H21N3O3S/c1-12-5-8-15(9-6-12)20-21-17-11-13(2)7-10-16(17)19-18(22)14(3)25(4,23)24/h5-11,14H,1-4H3,(H,19,22). The van der Waals surface area contributed by atoms with E-state index in [0.717, 1.165) is 17.4 Å². The minimum Gasteiger partial charge on any atom is -0.323 e. The fourth-order valence-electron chi connectivity index (χ4n) is 1.98. The van der Waals surface area contributed by atoms with Crippen molar-refractivity contribution in [1.29, 1.82) is 0 Å². The lowest BCUT2D eigenvalue weighted by atomic mass is 10.2. The molecular weight excluding hydrogens is 338 g/mol. The molecule has 0 bridgehead atoms. The predicted octanol–water partition coefficient (Wildman–Crippen LogP) is 4.09. The van der Waals surface area contributed by atoms with Gasteiger partial charge in [-0.2, -0.15) is 5.11 Å². The first-order chi connectivity index (χ1) is 11.7. The smallest absolute Gasteiger partial charge is 0.242 e. The number of aryl methyl sites for hydroxylation is 2. The first kappa shape index (κ1) is 18.8. The second kappa shape index (κ2) is 7.57. The molecule has 1 unspecified atom stereocenters. The molecule has 2 rings (SSSR count). The molecule has 132 valence electrons. The molecule has 6 nitrogen and oxygen atoms in total. The van der Waals surface area contributed by atoms with Gasteiger partial charge in [-0.15, -0.1) is 5.11 Å². The van der Waals surface area contributed by atoms with E-state index >= 15 is 0 Å². The van der Waals surface area contributed by atoms with E-state index in [-0.39, 0.29) is 0 Å². The molecule has 0 saturated heterocycles. The number of hydrogen-bond donors (Lipinski definition) is 1. The van der Waals surface area contributed by atoms with Crippen molar-refractivity contribution in [3.8, 4) is 0 Å². The number of rotatable bonds is 5. The highest BCUT2D eigenvalue weighted by Gasteiger charge is 2.24. The van der Waals surface area contributed by atoms with Crippen LogP contribution in [0.4, 0.5) is 17.1 Å². The first-order valence-corrected chi connectivity index (χ1v) is 9.71. The van der Waals surface area contributed by atoms with Crippen LogP contribution in [0.1, 0.15) is 18.1 Å². The average Bonchev–Trinajstić information content (AvgIpc) is 2.54. The summed E-state index contributed by atoms with van der Waals surface area (Å²) in [7, 11) is -3.47. The molecule has 1 atom stereocenters. The fourth-order valence-corrected chi connectivity index (χ4v) is 2.43. The Labute approximate surface area is 147 Å². The van der Waals surface area contributed by atoms with Crippen LogP contribution in [0.25, 0.3) is 0 Å². The SMILES string of the molecule is Cc1ccc(N=Nc2cc(C)ccc2NC(=O)C(C)S(C)(=O)=O)cc1. The molecule has 0 spiro atoms. The number of anilines is 1. The van der Waals surface area contributed by atoms with E-state index in [4.69, 9.17) is 0 Å². The molecule has 0 fully saturated rings. The van der Waals surface area contributed by atoms with Crippen LogP contribution in [0.5, 0.6) is 0 Å². The van der Waals surface area contributed by atoms with Gasteiger partial charge in [-0.1, -0.05) is 23.8 Å². The molecule has 0 radical (unpaired) electrons. The maximum absolute atomic E-state index is 12.1. The summed E-state index contributed by atoms with van der Waals surface area (Å²) < 4.78 is 23.1. The Kier molecular flexibility index (Phi) is 5.69. The molecule has 1 N–H and O–H groups in total. The van der Waals surface area contributed by atoms with Gasteiger partial charge in [0.15, 0.2) is 9.84 Å². The second-order valence-corrected chi connectivity index (χ2v) is 8.38. The van der Waals surface area contributed by atoms with Crippen LogP contribution in [0.2, 0.25) is 0 Å². The molecule has 0 heterocycles. The molecule has 0 aromatic heterocycles. The Bertz CT molecular complexity index is 904. The van der Waals surface area contributed by atoms with Gasteiger partial charge < -0.3 is 5.32 Å². The summed E-state index contributed by atoms with van der Waals surface area (Å²) >= 11 is 0. The predicted molar refractivity (Wildman–Crippen MR) is 99.5 cm³/mol. The number of benzene rings is 2. The number of azo groups is 1. The number of nitrogens with one attached hydrogen (secondary N) is 1. The van der Waals surface area contributed by atoms with Gasteiger partial charge in [-0.25, -0.2) is 8.42 Å². The minimum atomic E-state index is -3.47. The number of hydrogen-bond acceptors (Lipinski definition) is 5. The molecule has 0 aliphatic rings. The summed E-state index contributed by atoms with van der Waals surface area (Å²) in [4.78, 5) is 12.1. The Hall–Kier alpha value is -2.54. The van der Waals surface area contributed by atoms with Gasteiger partial charge in [0.1, 0.15) is 10.9 Å². The van der Waals surface area contributed by atoms with Crippen molar-refractivity contribution in [2.24, 2.45) is 10.2 Å². The quantitative estimate of drug-likeness (QED) is 0.816. The Morgan fingerprint density at radius 1 is 1.00 bits per heavy atom. The van der Waals surface area contributed by atoms with Crippen LogP contribution >= 0.6 is 0 Å². The van der Waals surface area contributed by atoms with Crippen LogP contribution in [0.15, 0.2) is 52.7 Å². The fraction of sp³-hybridized carbons (Fsp3) is 0.278. The number of nitrogens with zero attached hydrogens (tertiary/aromatic N) is 2. The molecule has 0 saturated carbocycles. The number of amides is 1. The second-order valence-electron chi connectivity index (χ2n) is 6.02. The Balaban J connectivity index is 2.28. The van der Waals surface area contributed by atoms with E-state index in [0.29, 0.717) is 17.1 Å². The van der Waals surface area contributed by atoms with Gasteiger partial charge in [0.05, 0.1) is 11.4 Å². The summed E-state index contributed by atoms with van der Waals surface area (Å²) in [5, 5.41) is 9.85. The molecule has 0 aliphatic heterocycles. The van der Waals surface area contributed by atoms with Gasteiger partial charge in [0.25, 0.3) is 0 Å². The lowest BCUT2D eigenvalue weighted by Gasteiger charge is -2.12. The summed E-state index contributed by atoms with van der Waals surface area (Å²) in [6.07, 6.45) is 1.03. The molecule has 2 aromatic rings. The van der Waals surface area contributed by atoms with E-state index in [9.17, 15) is 13.2 Å². The highest BCUT2D eigenvalue weighted by Crippen LogP contribution is 2.28. The molecule has 0 aliphatic carbocycles. The zero-order chi connectivity index (χ0) is 18.6.